The minimum atomic E-state index is -0.683. The molecule has 5 heteroatoms. The smallest absolute Gasteiger partial charge is 0.311 e. The number of carboxylic acid groups (broad SMARTS) is 1. The van der Waals surface area contributed by atoms with Crippen molar-refractivity contribution in [2.24, 2.45) is 5.41 Å². The van der Waals surface area contributed by atoms with Gasteiger partial charge in [0.25, 0.3) is 0 Å². The molecule has 0 amide bonds. The van der Waals surface area contributed by atoms with Crippen molar-refractivity contribution < 1.29 is 9.90 Å². The van der Waals surface area contributed by atoms with Gasteiger partial charge in [0, 0.05) is 24.8 Å². The number of carbonyl (C=O) groups is 1. The lowest BCUT2D eigenvalue weighted by molar-refractivity contribution is -0.148. The summed E-state index contributed by atoms with van der Waals surface area (Å²) in [6.07, 6.45) is 3.84. The summed E-state index contributed by atoms with van der Waals surface area (Å²) >= 11 is 0. The van der Waals surface area contributed by atoms with Gasteiger partial charge in [0.1, 0.15) is 12.1 Å². The van der Waals surface area contributed by atoms with Crippen LogP contribution in [0.1, 0.15) is 31.9 Å². The van der Waals surface area contributed by atoms with E-state index in [1.807, 2.05) is 19.9 Å². The summed E-state index contributed by atoms with van der Waals surface area (Å²) in [7, 11) is 0. The zero-order valence-corrected chi connectivity index (χ0v) is 10.9. The van der Waals surface area contributed by atoms with Gasteiger partial charge in [-0.25, -0.2) is 9.97 Å². The molecule has 0 spiro atoms. The van der Waals surface area contributed by atoms with E-state index in [2.05, 4.69) is 14.9 Å². The lowest BCUT2D eigenvalue weighted by Crippen LogP contribution is -2.34. The van der Waals surface area contributed by atoms with E-state index in [4.69, 9.17) is 0 Å². The predicted octanol–water partition coefficient (Wildman–Crippen LogP) is 1.87. The zero-order chi connectivity index (χ0) is 13.2. The molecule has 1 aromatic rings. The second-order valence-corrected chi connectivity index (χ2v) is 5.02. The highest BCUT2D eigenvalue weighted by Crippen LogP contribution is 2.37. The van der Waals surface area contributed by atoms with Gasteiger partial charge in [-0.05, 0) is 19.8 Å². The maximum atomic E-state index is 11.5. The number of carboxylic acids is 1. The van der Waals surface area contributed by atoms with Crippen molar-refractivity contribution in [2.75, 3.05) is 18.0 Å². The van der Waals surface area contributed by atoms with Crippen molar-refractivity contribution >= 4 is 11.8 Å². The van der Waals surface area contributed by atoms with E-state index in [1.54, 1.807) is 0 Å². The minimum absolute atomic E-state index is 0.548. The Morgan fingerprint density at radius 2 is 2.33 bits per heavy atom. The molecule has 2 heterocycles. The van der Waals surface area contributed by atoms with E-state index in [9.17, 15) is 9.90 Å². The number of hydrogen-bond acceptors (Lipinski definition) is 4. The molecule has 1 atom stereocenters. The van der Waals surface area contributed by atoms with Crippen molar-refractivity contribution in [3.8, 4) is 0 Å². The van der Waals surface area contributed by atoms with Gasteiger partial charge >= 0.3 is 5.97 Å². The summed E-state index contributed by atoms with van der Waals surface area (Å²) in [6.45, 7) is 5.25. The van der Waals surface area contributed by atoms with Crippen LogP contribution >= 0.6 is 0 Å². The van der Waals surface area contributed by atoms with Crippen molar-refractivity contribution in [3.63, 3.8) is 0 Å². The second kappa shape index (κ2) is 4.92. The van der Waals surface area contributed by atoms with Crippen LogP contribution < -0.4 is 4.90 Å². The molecule has 0 aliphatic carbocycles. The van der Waals surface area contributed by atoms with Crippen LogP contribution in [0, 0.1) is 12.3 Å². The van der Waals surface area contributed by atoms with Crippen LogP contribution in [0.3, 0.4) is 0 Å². The summed E-state index contributed by atoms with van der Waals surface area (Å²) in [6, 6.07) is 1.91. The fourth-order valence-electron chi connectivity index (χ4n) is 2.65. The number of anilines is 1. The minimum Gasteiger partial charge on any atom is -0.481 e. The molecular weight excluding hydrogens is 230 g/mol. The van der Waals surface area contributed by atoms with Gasteiger partial charge in [-0.15, -0.1) is 0 Å². The highest BCUT2D eigenvalue weighted by atomic mass is 16.4. The molecule has 1 aromatic heterocycles. The molecule has 5 nitrogen and oxygen atoms in total. The second-order valence-electron chi connectivity index (χ2n) is 5.02. The number of hydrogen-bond donors (Lipinski definition) is 1. The quantitative estimate of drug-likeness (QED) is 0.882. The van der Waals surface area contributed by atoms with Gasteiger partial charge in [-0.2, -0.15) is 0 Å². The van der Waals surface area contributed by atoms with E-state index < -0.39 is 11.4 Å². The van der Waals surface area contributed by atoms with Gasteiger partial charge in [-0.3, -0.25) is 4.79 Å². The molecule has 0 saturated carbocycles. The molecule has 2 rings (SSSR count). The number of aryl methyl sites for hydroxylation is 1. The Hall–Kier alpha value is -1.65. The van der Waals surface area contributed by atoms with Gasteiger partial charge in [-0.1, -0.05) is 13.3 Å². The predicted molar refractivity (Wildman–Crippen MR) is 68.6 cm³/mol. The largest absolute Gasteiger partial charge is 0.481 e. The molecule has 1 saturated heterocycles. The van der Waals surface area contributed by atoms with Crippen LogP contribution in [0.25, 0.3) is 0 Å². The molecule has 0 radical (unpaired) electrons. The molecule has 0 bridgehead atoms. The maximum absolute atomic E-state index is 11.5. The van der Waals surface area contributed by atoms with Crippen molar-refractivity contribution in [2.45, 2.75) is 33.1 Å². The molecule has 0 aromatic carbocycles. The zero-order valence-electron chi connectivity index (χ0n) is 10.9. The molecule has 1 aliphatic rings. The van der Waals surface area contributed by atoms with Gasteiger partial charge in [0.05, 0.1) is 5.41 Å². The van der Waals surface area contributed by atoms with Gasteiger partial charge in [0.15, 0.2) is 0 Å². The molecule has 1 N–H and O–H groups in total. The van der Waals surface area contributed by atoms with Crippen LogP contribution in [0.5, 0.6) is 0 Å². The topological polar surface area (TPSA) is 66.3 Å². The number of aliphatic carboxylic acids is 1. The van der Waals surface area contributed by atoms with Crippen molar-refractivity contribution in [1.82, 2.24) is 9.97 Å². The van der Waals surface area contributed by atoms with Crippen LogP contribution in [0.4, 0.5) is 5.82 Å². The highest BCUT2D eigenvalue weighted by Gasteiger charge is 2.44. The Labute approximate surface area is 107 Å². The normalized spacial score (nSPS) is 23.3. The van der Waals surface area contributed by atoms with Crippen LogP contribution in [0.2, 0.25) is 0 Å². The Morgan fingerprint density at radius 1 is 1.56 bits per heavy atom. The maximum Gasteiger partial charge on any atom is 0.311 e. The Bertz CT molecular complexity index is 450. The first-order valence-electron chi connectivity index (χ1n) is 6.34. The molecule has 1 unspecified atom stereocenters. The monoisotopic (exact) mass is 249 g/mol. The fraction of sp³-hybridized carbons (Fsp3) is 0.615. The van der Waals surface area contributed by atoms with Gasteiger partial charge in [0.2, 0.25) is 0 Å². The average molecular weight is 249 g/mol. The molecule has 98 valence electrons. The summed E-state index contributed by atoms with van der Waals surface area (Å²) in [5.74, 6) is 0.152. The first-order chi connectivity index (χ1) is 8.57. The number of aromatic nitrogens is 2. The van der Waals surface area contributed by atoms with Crippen LogP contribution in [0.15, 0.2) is 12.4 Å². The standard InChI is InChI=1S/C13H19N3O2/c1-3-4-13(12(17)18)5-6-16(8-13)11-7-10(2)14-9-15-11/h7,9H,3-6,8H2,1-2H3,(H,17,18). The summed E-state index contributed by atoms with van der Waals surface area (Å²) in [5, 5.41) is 9.45. The summed E-state index contributed by atoms with van der Waals surface area (Å²) < 4.78 is 0. The van der Waals surface area contributed by atoms with Crippen molar-refractivity contribution in [3.05, 3.63) is 18.1 Å². The van der Waals surface area contributed by atoms with Crippen LogP contribution in [-0.2, 0) is 4.79 Å². The average Bonchev–Trinajstić information content (AvgIpc) is 2.75. The van der Waals surface area contributed by atoms with E-state index in [0.717, 1.165) is 30.9 Å². The van der Waals surface area contributed by atoms with E-state index in [1.165, 1.54) is 6.33 Å². The van der Waals surface area contributed by atoms with E-state index in [0.29, 0.717) is 13.0 Å². The third kappa shape index (κ3) is 2.30. The Morgan fingerprint density at radius 3 is 2.94 bits per heavy atom. The van der Waals surface area contributed by atoms with Gasteiger partial charge < -0.3 is 10.0 Å². The Kier molecular flexibility index (Phi) is 3.50. The molecule has 1 aliphatic heterocycles. The summed E-state index contributed by atoms with van der Waals surface area (Å²) in [4.78, 5) is 21.8. The van der Waals surface area contributed by atoms with Crippen LogP contribution in [-0.4, -0.2) is 34.1 Å². The highest BCUT2D eigenvalue weighted by molar-refractivity contribution is 5.76. The number of nitrogens with zero attached hydrogens (tertiary/aromatic N) is 3. The molecule has 18 heavy (non-hydrogen) atoms. The van der Waals surface area contributed by atoms with Crippen molar-refractivity contribution in [1.29, 1.82) is 0 Å². The third-order valence-electron chi connectivity index (χ3n) is 3.65. The molecule has 1 fully saturated rings. The first kappa shape index (κ1) is 12.8. The lowest BCUT2D eigenvalue weighted by atomic mass is 9.83. The molecular formula is C13H19N3O2. The first-order valence-corrected chi connectivity index (χ1v) is 6.34. The number of rotatable bonds is 4. The SMILES string of the molecule is CCCC1(C(=O)O)CCN(c2cc(C)ncn2)C1. The third-order valence-corrected chi connectivity index (χ3v) is 3.65. The van der Waals surface area contributed by atoms with E-state index in [-0.39, 0.29) is 0 Å². The Balaban J connectivity index is 2.18. The summed E-state index contributed by atoms with van der Waals surface area (Å²) in [5.41, 5.74) is 0.302. The lowest BCUT2D eigenvalue weighted by Gasteiger charge is -2.24. The van der Waals surface area contributed by atoms with E-state index >= 15 is 0 Å². The fourth-order valence-corrected chi connectivity index (χ4v) is 2.65.